The second-order valence-electron chi connectivity index (χ2n) is 4.01. The first-order valence-electron chi connectivity index (χ1n) is 4.99. The Morgan fingerprint density at radius 2 is 1.88 bits per heavy atom. The Hall–Kier alpha value is -1.04. The van der Waals surface area contributed by atoms with Crippen LogP contribution in [0, 0.1) is 0 Å². The average Bonchev–Trinajstić information content (AvgIpc) is 2.98. The topological polar surface area (TPSA) is 29.1 Å². The number of carbonyl (C=O) groups excluding carboxylic acids is 1. The highest BCUT2D eigenvalue weighted by Crippen LogP contribution is 2.49. The Morgan fingerprint density at radius 3 is 2.35 bits per heavy atom. The van der Waals surface area contributed by atoms with Gasteiger partial charge in [-0.1, -0.05) is 12.1 Å². The van der Waals surface area contributed by atoms with Crippen molar-refractivity contribution in [3.8, 4) is 0 Å². The van der Waals surface area contributed by atoms with Crippen molar-refractivity contribution >= 4 is 21.8 Å². The molecule has 0 unspecified atom stereocenters. The number of nitrogens with one attached hydrogen (secondary N) is 1. The van der Waals surface area contributed by atoms with Gasteiger partial charge in [-0.2, -0.15) is 13.2 Å². The molecule has 0 spiro atoms. The highest BCUT2D eigenvalue weighted by Gasteiger charge is 2.64. The van der Waals surface area contributed by atoms with Crippen LogP contribution in [0.25, 0.3) is 0 Å². The van der Waals surface area contributed by atoms with Crippen LogP contribution in [0.4, 0.5) is 13.2 Å². The average molecular weight is 308 g/mol. The summed E-state index contributed by atoms with van der Waals surface area (Å²) in [6, 6.07) is 6.39. The number of hydrogen-bond acceptors (Lipinski definition) is 1. The summed E-state index contributed by atoms with van der Waals surface area (Å²) in [5.74, 6) is -0.702. The van der Waals surface area contributed by atoms with Crippen LogP contribution in [0.15, 0.2) is 28.7 Å². The molecule has 0 atom stereocenters. The summed E-state index contributed by atoms with van der Waals surface area (Å²) in [7, 11) is 0. The molecule has 92 valence electrons. The number of carbonyl (C=O) groups is 1. The van der Waals surface area contributed by atoms with Gasteiger partial charge >= 0.3 is 6.18 Å². The Balaban J connectivity index is 2.16. The smallest absolute Gasteiger partial charge is 0.338 e. The van der Waals surface area contributed by atoms with E-state index in [1.54, 1.807) is 18.2 Å². The molecule has 1 aromatic rings. The van der Waals surface area contributed by atoms with Gasteiger partial charge in [0.25, 0.3) is 5.91 Å². The van der Waals surface area contributed by atoms with Crippen LogP contribution in [-0.4, -0.2) is 17.6 Å². The zero-order chi connectivity index (χ0) is 12.7. The zero-order valence-corrected chi connectivity index (χ0v) is 10.2. The Bertz CT molecular complexity index is 454. The van der Waals surface area contributed by atoms with E-state index in [1.165, 1.54) is 6.07 Å². The molecule has 1 aromatic carbocycles. The summed E-state index contributed by atoms with van der Waals surface area (Å²) in [4.78, 5) is 11.7. The molecule has 0 radical (unpaired) electrons. The van der Waals surface area contributed by atoms with Crippen LogP contribution >= 0.6 is 15.9 Å². The molecule has 0 aliphatic heterocycles. The van der Waals surface area contributed by atoms with Crippen LogP contribution in [0.1, 0.15) is 23.2 Å². The maximum absolute atomic E-state index is 12.6. The molecule has 1 saturated carbocycles. The second-order valence-corrected chi connectivity index (χ2v) is 4.87. The van der Waals surface area contributed by atoms with Crippen LogP contribution in [0.2, 0.25) is 0 Å². The standard InChI is InChI=1S/C11H9BrF3NO/c12-8-4-2-1-3-7(8)9(17)16-10(5-6-10)11(13,14)15/h1-4H,5-6H2,(H,16,17). The van der Waals surface area contributed by atoms with E-state index in [-0.39, 0.29) is 18.4 Å². The molecule has 1 aliphatic rings. The molecule has 0 heterocycles. The van der Waals surface area contributed by atoms with Crippen molar-refractivity contribution in [3.63, 3.8) is 0 Å². The van der Waals surface area contributed by atoms with Gasteiger partial charge in [0.15, 0.2) is 0 Å². The molecule has 1 N–H and O–H groups in total. The van der Waals surface area contributed by atoms with Crippen LogP contribution in [0.5, 0.6) is 0 Å². The summed E-state index contributed by atoms with van der Waals surface area (Å²) in [5, 5.41) is 2.07. The van der Waals surface area contributed by atoms with E-state index >= 15 is 0 Å². The van der Waals surface area contributed by atoms with Gasteiger partial charge in [-0.3, -0.25) is 4.79 Å². The molecule has 0 aromatic heterocycles. The fraction of sp³-hybridized carbons (Fsp3) is 0.364. The first-order valence-corrected chi connectivity index (χ1v) is 5.79. The minimum absolute atomic E-state index is 0.0489. The number of alkyl halides is 3. The lowest BCUT2D eigenvalue weighted by molar-refractivity contribution is -0.163. The minimum Gasteiger partial charge on any atom is -0.338 e. The molecular weight excluding hydrogens is 299 g/mol. The highest BCUT2D eigenvalue weighted by atomic mass is 79.9. The van der Waals surface area contributed by atoms with Crippen LogP contribution in [0.3, 0.4) is 0 Å². The number of hydrogen-bond donors (Lipinski definition) is 1. The number of halogens is 4. The maximum atomic E-state index is 12.6. The summed E-state index contributed by atoms with van der Waals surface area (Å²) >= 11 is 3.13. The van der Waals surface area contributed by atoms with Gasteiger partial charge in [0.2, 0.25) is 0 Å². The first-order chi connectivity index (χ1) is 7.86. The third-order valence-electron chi connectivity index (χ3n) is 2.76. The molecule has 6 heteroatoms. The van der Waals surface area contributed by atoms with Crippen molar-refractivity contribution in [2.45, 2.75) is 24.6 Å². The van der Waals surface area contributed by atoms with Crippen molar-refractivity contribution in [3.05, 3.63) is 34.3 Å². The summed E-state index contributed by atoms with van der Waals surface area (Å²) < 4.78 is 38.4. The fourth-order valence-electron chi connectivity index (χ4n) is 1.53. The van der Waals surface area contributed by atoms with Crippen molar-refractivity contribution in [2.75, 3.05) is 0 Å². The maximum Gasteiger partial charge on any atom is 0.411 e. The third-order valence-corrected chi connectivity index (χ3v) is 3.46. The summed E-state index contributed by atoms with van der Waals surface area (Å²) in [6.07, 6.45) is -4.48. The van der Waals surface area contributed by atoms with Gasteiger partial charge in [-0.15, -0.1) is 0 Å². The van der Waals surface area contributed by atoms with Gasteiger partial charge in [0.1, 0.15) is 5.54 Å². The second kappa shape index (κ2) is 4.01. The molecule has 1 amide bonds. The van der Waals surface area contributed by atoms with E-state index in [0.717, 1.165) is 0 Å². The lowest BCUT2D eigenvalue weighted by atomic mass is 10.2. The minimum atomic E-state index is -4.39. The number of benzene rings is 1. The highest BCUT2D eigenvalue weighted by molar-refractivity contribution is 9.10. The lowest BCUT2D eigenvalue weighted by Gasteiger charge is -2.20. The van der Waals surface area contributed by atoms with Gasteiger partial charge < -0.3 is 5.32 Å². The molecule has 1 fully saturated rings. The van der Waals surface area contributed by atoms with E-state index in [0.29, 0.717) is 4.47 Å². The van der Waals surface area contributed by atoms with E-state index < -0.39 is 17.6 Å². The SMILES string of the molecule is O=C(NC1(C(F)(F)F)CC1)c1ccccc1Br. The Morgan fingerprint density at radius 1 is 1.29 bits per heavy atom. The predicted molar refractivity (Wildman–Crippen MR) is 59.6 cm³/mol. The first kappa shape index (κ1) is 12.4. The van der Waals surface area contributed by atoms with Gasteiger partial charge in [0.05, 0.1) is 5.56 Å². The molecule has 17 heavy (non-hydrogen) atoms. The van der Waals surface area contributed by atoms with Crippen molar-refractivity contribution in [1.82, 2.24) is 5.32 Å². The van der Waals surface area contributed by atoms with Gasteiger partial charge in [-0.05, 0) is 40.9 Å². The molecule has 0 bridgehead atoms. The third kappa shape index (κ3) is 2.31. The monoisotopic (exact) mass is 307 g/mol. The molecule has 1 aliphatic carbocycles. The molecular formula is C11H9BrF3NO. The Kier molecular flexibility index (Phi) is 2.93. The predicted octanol–water partition coefficient (Wildman–Crippen LogP) is 3.27. The van der Waals surface area contributed by atoms with E-state index in [4.69, 9.17) is 0 Å². The van der Waals surface area contributed by atoms with E-state index in [2.05, 4.69) is 21.2 Å². The normalized spacial score (nSPS) is 17.6. The quantitative estimate of drug-likeness (QED) is 0.892. The zero-order valence-electron chi connectivity index (χ0n) is 8.64. The summed E-state index contributed by atoms with van der Waals surface area (Å²) in [6.45, 7) is 0. The number of amides is 1. The molecule has 2 rings (SSSR count). The van der Waals surface area contributed by atoms with Crippen molar-refractivity contribution in [2.24, 2.45) is 0 Å². The van der Waals surface area contributed by atoms with E-state index in [1.807, 2.05) is 0 Å². The van der Waals surface area contributed by atoms with Gasteiger partial charge in [-0.25, -0.2) is 0 Å². The van der Waals surface area contributed by atoms with Crippen molar-refractivity contribution < 1.29 is 18.0 Å². The summed E-state index contributed by atoms with van der Waals surface area (Å²) in [5.41, 5.74) is -1.80. The van der Waals surface area contributed by atoms with Crippen molar-refractivity contribution in [1.29, 1.82) is 0 Å². The van der Waals surface area contributed by atoms with E-state index in [9.17, 15) is 18.0 Å². The largest absolute Gasteiger partial charge is 0.411 e. The Labute approximate surface area is 104 Å². The fourth-order valence-corrected chi connectivity index (χ4v) is 2.00. The molecule has 0 saturated heterocycles. The lowest BCUT2D eigenvalue weighted by Crippen LogP contribution is -2.47. The number of rotatable bonds is 2. The van der Waals surface area contributed by atoms with Crippen LogP contribution in [-0.2, 0) is 0 Å². The van der Waals surface area contributed by atoms with Gasteiger partial charge in [0, 0.05) is 4.47 Å². The molecule has 2 nitrogen and oxygen atoms in total. The van der Waals surface area contributed by atoms with Crippen LogP contribution < -0.4 is 5.32 Å².